The summed E-state index contributed by atoms with van der Waals surface area (Å²) in [6, 6.07) is 7.09. The van der Waals surface area contributed by atoms with Crippen LogP contribution in [0.4, 0.5) is 14.5 Å². The van der Waals surface area contributed by atoms with Crippen LogP contribution in [0.5, 0.6) is 5.75 Å². The lowest BCUT2D eigenvalue weighted by Crippen LogP contribution is -2.45. The summed E-state index contributed by atoms with van der Waals surface area (Å²) in [6.07, 6.45) is 1.71. The Morgan fingerprint density at radius 2 is 2.13 bits per heavy atom. The van der Waals surface area contributed by atoms with Gasteiger partial charge in [-0.2, -0.15) is 8.78 Å². The molecule has 172 valence electrons. The molecule has 3 rings (SSSR count). The Hall–Kier alpha value is -1.69. The number of hydrogen-bond acceptors (Lipinski definition) is 5. The smallest absolute Gasteiger partial charge is 0.387 e. The van der Waals surface area contributed by atoms with Gasteiger partial charge in [-0.3, -0.25) is 4.99 Å². The number of guanidine groups is 1. The highest BCUT2D eigenvalue weighted by molar-refractivity contribution is 14.0. The number of hydrogen-bond donors (Lipinski definition) is 2. The van der Waals surface area contributed by atoms with Crippen molar-refractivity contribution in [1.29, 1.82) is 0 Å². The first-order chi connectivity index (χ1) is 14.5. The first-order valence-electron chi connectivity index (χ1n) is 10.2. The minimum atomic E-state index is -2.83. The van der Waals surface area contributed by atoms with E-state index in [0.717, 1.165) is 42.6 Å². The standard InChI is InChI=1S/C21H29F2N5OS.HI/c1-14(2)19-26-16(13-30-19)8-10-25-21(24-3)27-15-9-11-28(12-15)17-6-4-5-7-18(17)29-20(22)23;/h4-7,13-15,20H,8-12H2,1-3H3,(H2,24,25,27);1H. The van der Waals surface area contributed by atoms with E-state index in [2.05, 4.69) is 49.5 Å². The Bertz CT molecular complexity index is 849. The number of thiazole rings is 1. The maximum absolute atomic E-state index is 12.7. The quantitative estimate of drug-likeness (QED) is 0.281. The van der Waals surface area contributed by atoms with Crippen molar-refractivity contribution in [1.82, 2.24) is 15.6 Å². The van der Waals surface area contributed by atoms with E-state index in [1.54, 1.807) is 30.5 Å². The third-order valence-electron chi connectivity index (χ3n) is 4.91. The number of halogens is 3. The molecule has 1 aliphatic heterocycles. The molecule has 10 heteroatoms. The van der Waals surface area contributed by atoms with Crippen LogP contribution < -0.4 is 20.3 Å². The molecule has 0 spiro atoms. The molecule has 0 amide bonds. The molecule has 0 saturated carbocycles. The van der Waals surface area contributed by atoms with Crippen LogP contribution in [-0.4, -0.2) is 50.3 Å². The van der Waals surface area contributed by atoms with Crippen molar-refractivity contribution in [3.05, 3.63) is 40.3 Å². The maximum Gasteiger partial charge on any atom is 0.387 e. The highest BCUT2D eigenvalue weighted by Crippen LogP contribution is 2.31. The second-order valence-corrected chi connectivity index (χ2v) is 8.39. The van der Waals surface area contributed by atoms with Crippen LogP contribution in [-0.2, 0) is 6.42 Å². The largest absolute Gasteiger partial charge is 0.433 e. The van der Waals surface area contributed by atoms with Gasteiger partial charge in [0.05, 0.1) is 16.4 Å². The molecule has 2 N–H and O–H groups in total. The van der Waals surface area contributed by atoms with Gasteiger partial charge >= 0.3 is 6.61 Å². The molecule has 1 aliphatic rings. The summed E-state index contributed by atoms with van der Waals surface area (Å²) in [5, 5.41) is 10.0. The van der Waals surface area contributed by atoms with Gasteiger partial charge in [-0.05, 0) is 18.6 Å². The Morgan fingerprint density at radius 3 is 2.81 bits per heavy atom. The van der Waals surface area contributed by atoms with Crippen molar-refractivity contribution in [2.45, 2.75) is 45.3 Å². The summed E-state index contributed by atoms with van der Waals surface area (Å²) in [5.41, 5.74) is 1.78. The summed E-state index contributed by atoms with van der Waals surface area (Å²) in [6.45, 7) is 3.65. The summed E-state index contributed by atoms with van der Waals surface area (Å²) in [5.74, 6) is 1.39. The van der Waals surface area contributed by atoms with Gasteiger partial charge in [0.25, 0.3) is 0 Å². The van der Waals surface area contributed by atoms with E-state index < -0.39 is 6.61 Å². The highest BCUT2D eigenvalue weighted by Gasteiger charge is 2.26. The zero-order valence-corrected chi connectivity index (χ0v) is 21.1. The van der Waals surface area contributed by atoms with Gasteiger partial charge < -0.3 is 20.3 Å². The van der Waals surface area contributed by atoms with E-state index in [-0.39, 0.29) is 35.8 Å². The molecule has 1 aromatic carbocycles. The van der Waals surface area contributed by atoms with Crippen LogP contribution >= 0.6 is 35.3 Å². The fourth-order valence-electron chi connectivity index (χ4n) is 3.41. The number of ether oxygens (including phenoxy) is 1. The minimum absolute atomic E-state index is 0. The summed E-state index contributed by atoms with van der Waals surface area (Å²) in [7, 11) is 1.74. The lowest BCUT2D eigenvalue weighted by molar-refractivity contribution is -0.0495. The molecule has 1 aromatic heterocycles. The molecular formula is C21H30F2IN5OS. The molecule has 2 heterocycles. The molecule has 1 atom stereocenters. The second-order valence-electron chi connectivity index (χ2n) is 7.50. The van der Waals surface area contributed by atoms with Crippen molar-refractivity contribution < 1.29 is 13.5 Å². The number of anilines is 1. The number of para-hydroxylation sites is 2. The zero-order chi connectivity index (χ0) is 21.5. The highest BCUT2D eigenvalue weighted by atomic mass is 127. The van der Waals surface area contributed by atoms with Gasteiger partial charge in [0.2, 0.25) is 0 Å². The Labute approximate surface area is 203 Å². The Balaban J connectivity index is 0.00000341. The molecule has 1 fully saturated rings. The second kappa shape index (κ2) is 12.4. The van der Waals surface area contributed by atoms with Crippen molar-refractivity contribution in [2.75, 3.05) is 31.6 Å². The van der Waals surface area contributed by atoms with Gasteiger partial charge in [-0.25, -0.2) is 4.98 Å². The minimum Gasteiger partial charge on any atom is -0.433 e. The first kappa shape index (κ1) is 25.6. The van der Waals surface area contributed by atoms with Gasteiger partial charge in [-0.15, -0.1) is 35.3 Å². The van der Waals surface area contributed by atoms with E-state index in [0.29, 0.717) is 18.2 Å². The van der Waals surface area contributed by atoms with E-state index in [9.17, 15) is 8.78 Å². The summed E-state index contributed by atoms with van der Waals surface area (Å²) >= 11 is 1.70. The van der Waals surface area contributed by atoms with Crippen LogP contribution in [0.15, 0.2) is 34.6 Å². The predicted molar refractivity (Wildman–Crippen MR) is 134 cm³/mol. The Kier molecular flexibility index (Phi) is 10.2. The third kappa shape index (κ3) is 7.44. The molecule has 1 saturated heterocycles. The Morgan fingerprint density at radius 1 is 1.35 bits per heavy atom. The normalized spacial score (nSPS) is 16.5. The predicted octanol–water partition coefficient (Wildman–Crippen LogP) is 4.47. The van der Waals surface area contributed by atoms with Crippen LogP contribution in [0.25, 0.3) is 0 Å². The summed E-state index contributed by atoms with van der Waals surface area (Å²) < 4.78 is 30.0. The molecule has 0 radical (unpaired) electrons. The maximum atomic E-state index is 12.7. The third-order valence-corrected chi connectivity index (χ3v) is 6.11. The van der Waals surface area contributed by atoms with E-state index in [1.165, 1.54) is 0 Å². The fourth-order valence-corrected chi connectivity index (χ4v) is 4.28. The van der Waals surface area contributed by atoms with Gasteiger partial charge in [0.15, 0.2) is 5.96 Å². The average Bonchev–Trinajstić information content (AvgIpc) is 3.37. The van der Waals surface area contributed by atoms with Crippen LogP contribution in [0, 0.1) is 0 Å². The molecule has 31 heavy (non-hydrogen) atoms. The molecule has 0 aliphatic carbocycles. The topological polar surface area (TPSA) is 61.8 Å². The van der Waals surface area contributed by atoms with Crippen molar-refractivity contribution in [3.63, 3.8) is 0 Å². The van der Waals surface area contributed by atoms with Crippen LogP contribution in [0.3, 0.4) is 0 Å². The van der Waals surface area contributed by atoms with Crippen molar-refractivity contribution in [3.8, 4) is 5.75 Å². The van der Waals surface area contributed by atoms with E-state index >= 15 is 0 Å². The van der Waals surface area contributed by atoms with Crippen LogP contribution in [0.1, 0.15) is 36.9 Å². The summed E-state index contributed by atoms with van der Waals surface area (Å²) in [4.78, 5) is 11.0. The van der Waals surface area contributed by atoms with Gasteiger partial charge in [0, 0.05) is 50.4 Å². The molecule has 0 bridgehead atoms. The molecular weight excluding hydrogens is 535 g/mol. The number of alkyl halides is 2. The number of rotatable bonds is 8. The SMILES string of the molecule is CN=C(NCCc1csc(C(C)C)n1)NC1CCN(c2ccccc2OC(F)F)C1.I. The average molecular weight is 565 g/mol. The van der Waals surface area contributed by atoms with Crippen LogP contribution in [0.2, 0.25) is 0 Å². The van der Waals surface area contributed by atoms with Crippen molar-refractivity contribution >= 4 is 47.0 Å². The molecule has 1 unspecified atom stereocenters. The first-order valence-corrected chi connectivity index (χ1v) is 11.0. The van der Waals surface area contributed by atoms with Gasteiger partial charge in [0.1, 0.15) is 5.75 Å². The number of aromatic nitrogens is 1. The number of benzene rings is 1. The lowest BCUT2D eigenvalue weighted by atomic mass is 10.2. The number of nitrogens with one attached hydrogen (secondary N) is 2. The zero-order valence-electron chi connectivity index (χ0n) is 18.0. The molecule has 6 nitrogen and oxygen atoms in total. The lowest BCUT2D eigenvalue weighted by Gasteiger charge is -2.22. The number of aliphatic imine (C=N–C) groups is 1. The monoisotopic (exact) mass is 565 g/mol. The van der Waals surface area contributed by atoms with E-state index in [4.69, 9.17) is 0 Å². The molecule has 2 aromatic rings. The van der Waals surface area contributed by atoms with Gasteiger partial charge in [-0.1, -0.05) is 26.0 Å². The fraction of sp³-hybridized carbons (Fsp3) is 0.524. The number of nitrogens with zero attached hydrogens (tertiary/aromatic N) is 3. The van der Waals surface area contributed by atoms with Crippen molar-refractivity contribution in [2.24, 2.45) is 4.99 Å². The van der Waals surface area contributed by atoms with E-state index in [1.807, 2.05) is 12.1 Å².